The van der Waals surface area contributed by atoms with Crippen LogP contribution in [0.2, 0.25) is 0 Å². The normalized spacial score (nSPS) is 10.1. The van der Waals surface area contributed by atoms with Crippen LogP contribution in [-0.4, -0.2) is 25.3 Å². The van der Waals surface area contributed by atoms with E-state index in [9.17, 15) is 9.59 Å². The zero-order valence-corrected chi connectivity index (χ0v) is 12.8. The minimum absolute atomic E-state index is 0.0208. The number of rotatable bonds is 6. The van der Waals surface area contributed by atoms with E-state index in [1.165, 1.54) is 0 Å². The van der Waals surface area contributed by atoms with Crippen molar-refractivity contribution >= 4 is 17.9 Å². The minimum Gasteiger partial charge on any atom is -0.486 e. The van der Waals surface area contributed by atoms with Crippen molar-refractivity contribution in [1.82, 2.24) is 0 Å². The molecule has 0 N–H and O–H groups in total. The van der Waals surface area contributed by atoms with Crippen LogP contribution in [0.15, 0.2) is 48.5 Å². The molecule has 114 valence electrons. The van der Waals surface area contributed by atoms with Gasteiger partial charge in [-0.1, -0.05) is 18.2 Å². The number of aldehydes is 1. The lowest BCUT2D eigenvalue weighted by Crippen LogP contribution is -2.30. The van der Waals surface area contributed by atoms with E-state index in [1.54, 1.807) is 29.2 Å². The van der Waals surface area contributed by atoms with Crippen LogP contribution >= 0.6 is 0 Å². The number of benzene rings is 2. The summed E-state index contributed by atoms with van der Waals surface area (Å²) in [7, 11) is 0. The zero-order chi connectivity index (χ0) is 15.9. The highest BCUT2D eigenvalue weighted by molar-refractivity contribution is 6.06. The molecule has 2 aromatic rings. The van der Waals surface area contributed by atoms with E-state index in [-0.39, 0.29) is 12.5 Å². The summed E-state index contributed by atoms with van der Waals surface area (Å²) in [5, 5.41) is 0. The molecule has 0 radical (unpaired) electrons. The quantitative estimate of drug-likeness (QED) is 0.769. The molecule has 22 heavy (non-hydrogen) atoms. The van der Waals surface area contributed by atoms with Crippen LogP contribution in [-0.2, 0) is 4.79 Å². The highest BCUT2D eigenvalue weighted by Crippen LogP contribution is 2.20. The molecule has 0 saturated carbocycles. The Morgan fingerprint density at radius 3 is 2.64 bits per heavy atom. The Kier molecular flexibility index (Phi) is 5.31. The largest absolute Gasteiger partial charge is 0.486 e. The Balaban J connectivity index is 2.26. The predicted octanol–water partition coefficient (Wildman–Crippen LogP) is 3.24. The standard InChI is InChI=1S/C18H19NO3/c1-3-19(16-8-4-6-14(2)12-16)18(21)15-7-5-9-17(13-15)22-11-10-20/h4-10,12-13H,3,11H2,1-2H3. The van der Waals surface area contributed by atoms with Crippen LogP contribution in [0.5, 0.6) is 5.75 Å². The van der Waals surface area contributed by atoms with Crippen LogP contribution in [0, 0.1) is 6.92 Å². The van der Waals surface area contributed by atoms with Crippen molar-refractivity contribution in [2.45, 2.75) is 13.8 Å². The molecule has 0 aliphatic rings. The summed E-state index contributed by atoms with van der Waals surface area (Å²) in [4.78, 5) is 24.8. The van der Waals surface area contributed by atoms with Crippen LogP contribution in [0.25, 0.3) is 0 Å². The first-order valence-electron chi connectivity index (χ1n) is 7.20. The van der Waals surface area contributed by atoms with Crippen molar-refractivity contribution in [1.29, 1.82) is 0 Å². The maximum Gasteiger partial charge on any atom is 0.258 e. The fraction of sp³-hybridized carbons (Fsp3) is 0.222. The maximum atomic E-state index is 12.7. The lowest BCUT2D eigenvalue weighted by atomic mass is 10.1. The fourth-order valence-electron chi connectivity index (χ4n) is 2.24. The Labute approximate surface area is 130 Å². The summed E-state index contributed by atoms with van der Waals surface area (Å²) < 4.78 is 5.25. The van der Waals surface area contributed by atoms with E-state index in [0.717, 1.165) is 11.3 Å². The van der Waals surface area contributed by atoms with Gasteiger partial charge in [-0.2, -0.15) is 0 Å². The number of carbonyl (C=O) groups excluding carboxylic acids is 2. The number of ether oxygens (including phenoxy) is 1. The molecule has 0 saturated heterocycles. The van der Waals surface area contributed by atoms with E-state index in [4.69, 9.17) is 4.74 Å². The third kappa shape index (κ3) is 3.73. The maximum absolute atomic E-state index is 12.7. The number of hydrogen-bond acceptors (Lipinski definition) is 3. The molecule has 4 nitrogen and oxygen atoms in total. The van der Waals surface area contributed by atoms with Gasteiger partial charge in [-0.3, -0.25) is 9.59 Å². The first kappa shape index (κ1) is 15.8. The van der Waals surface area contributed by atoms with Gasteiger partial charge in [0.15, 0.2) is 6.29 Å². The molecule has 0 aliphatic heterocycles. The summed E-state index contributed by atoms with van der Waals surface area (Å²) in [5.74, 6) is 0.419. The zero-order valence-electron chi connectivity index (χ0n) is 12.8. The highest BCUT2D eigenvalue weighted by atomic mass is 16.5. The average Bonchev–Trinajstić information content (AvgIpc) is 2.54. The first-order chi connectivity index (χ1) is 10.7. The molecule has 0 bridgehead atoms. The molecule has 0 unspecified atom stereocenters. The molecule has 2 rings (SSSR count). The molecule has 0 aromatic heterocycles. The lowest BCUT2D eigenvalue weighted by Gasteiger charge is -2.21. The van der Waals surface area contributed by atoms with Gasteiger partial charge in [-0.25, -0.2) is 0 Å². The van der Waals surface area contributed by atoms with E-state index in [1.807, 2.05) is 38.1 Å². The molecular weight excluding hydrogens is 278 g/mol. The Morgan fingerprint density at radius 1 is 1.18 bits per heavy atom. The summed E-state index contributed by atoms with van der Waals surface area (Å²) in [6.07, 6.45) is 0.680. The van der Waals surface area contributed by atoms with Gasteiger partial charge in [0.25, 0.3) is 5.91 Å². The Morgan fingerprint density at radius 2 is 1.95 bits per heavy atom. The Hall–Kier alpha value is -2.62. The van der Waals surface area contributed by atoms with Crippen LogP contribution in [0.3, 0.4) is 0 Å². The average molecular weight is 297 g/mol. The smallest absolute Gasteiger partial charge is 0.258 e. The van der Waals surface area contributed by atoms with Crippen molar-refractivity contribution < 1.29 is 14.3 Å². The second kappa shape index (κ2) is 7.41. The summed E-state index contributed by atoms with van der Waals surface area (Å²) in [6.45, 7) is 4.48. The molecule has 0 atom stereocenters. The Bertz CT molecular complexity index is 667. The third-order valence-electron chi connectivity index (χ3n) is 3.27. The van der Waals surface area contributed by atoms with Crippen LogP contribution < -0.4 is 9.64 Å². The molecule has 2 aromatic carbocycles. The van der Waals surface area contributed by atoms with Gasteiger partial charge < -0.3 is 9.64 Å². The van der Waals surface area contributed by atoms with Gasteiger partial charge in [0, 0.05) is 17.8 Å². The van der Waals surface area contributed by atoms with Gasteiger partial charge in [0.2, 0.25) is 0 Å². The van der Waals surface area contributed by atoms with Gasteiger partial charge in [-0.05, 0) is 49.7 Å². The van der Waals surface area contributed by atoms with Crippen LogP contribution in [0.1, 0.15) is 22.8 Å². The first-order valence-corrected chi connectivity index (χ1v) is 7.20. The number of hydrogen-bond donors (Lipinski definition) is 0. The van der Waals surface area contributed by atoms with Gasteiger partial charge in [0.1, 0.15) is 12.4 Å². The number of nitrogens with zero attached hydrogens (tertiary/aromatic N) is 1. The topological polar surface area (TPSA) is 46.6 Å². The number of amides is 1. The molecular formula is C18H19NO3. The summed E-state index contributed by atoms with van der Waals surface area (Å²) in [6, 6.07) is 14.7. The second-order valence-corrected chi connectivity index (χ2v) is 4.89. The van der Waals surface area contributed by atoms with E-state index >= 15 is 0 Å². The molecule has 4 heteroatoms. The summed E-state index contributed by atoms with van der Waals surface area (Å²) in [5.41, 5.74) is 2.50. The SMILES string of the molecule is CCN(C(=O)c1cccc(OCC=O)c1)c1cccc(C)c1. The molecule has 0 aliphatic carbocycles. The van der Waals surface area contributed by atoms with Crippen molar-refractivity contribution in [3.05, 3.63) is 59.7 Å². The predicted molar refractivity (Wildman–Crippen MR) is 86.5 cm³/mol. The number of aryl methyl sites for hydroxylation is 1. The van der Waals surface area contributed by atoms with Gasteiger partial charge >= 0.3 is 0 Å². The third-order valence-corrected chi connectivity index (χ3v) is 3.27. The number of carbonyl (C=O) groups is 2. The summed E-state index contributed by atoms with van der Waals surface area (Å²) >= 11 is 0. The minimum atomic E-state index is -0.0929. The monoisotopic (exact) mass is 297 g/mol. The lowest BCUT2D eigenvalue weighted by molar-refractivity contribution is -0.109. The molecule has 0 spiro atoms. The number of anilines is 1. The van der Waals surface area contributed by atoms with Crippen molar-refractivity contribution in [2.75, 3.05) is 18.1 Å². The van der Waals surface area contributed by atoms with Crippen molar-refractivity contribution in [2.24, 2.45) is 0 Å². The molecule has 1 amide bonds. The van der Waals surface area contributed by atoms with E-state index in [0.29, 0.717) is 24.1 Å². The van der Waals surface area contributed by atoms with Gasteiger partial charge in [-0.15, -0.1) is 0 Å². The van der Waals surface area contributed by atoms with E-state index < -0.39 is 0 Å². The highest BCUT2D eigenvalue weighted by Gasteiger charge is 2.16. The van der Waals surface area contributed by atoms with Crippen LogP contribution in [0.4, 0.5) is 5.69 Å². The van der Waals surface area contributed by atoms with Crippen molar-refractivity contribution in [3.8, 4) is 5.75 Å². The van der Waals surface area contributed by atoms with E-state index in [2.05, 4.69) is 0 Å². The molecule has 0 fully saturated rings. The fourth-order valence-corrected chi connectivity index (χ4v) is 2.24. The van der Waals surface area contributed by atoms with Crippen molar-refractivity contribution in [3.63, 3.8) is 0 Å². The molecule has 0 heterocycles. The second-order valence-electron chi connectivity index (χ2n) is 4.89. The van der Waals surface area contributed by atoms with Gasteiger partial charge in [0.05, 0.1) is 0 Å².